The largest absolute Gasteiger partial charge is 0.497 e. The lowest BCUT2D eigenvalue weighted by Gasteiger charge is -2.25. The van der Waals surface area contributed by atoms with E-state index in [1.807, 2.05) is 48.5 Å². The first-order valence-corrected chi connectivity index (χ1v) is 11.9. The first-order valence-electron chi connectivity index (χ1n) is 11.5. The monoisotopic (exact) mass is 501 g/mol. The molecule has 1 aliphatic rings. The molecule has 1 aliphatic heterocycles. The van der Waals surface area contributed by atoms with Crippen molar-refractivity contribution in [2.24, 2.45) is 0 Å². The summed E-state index contributed by atoms with van der Waals surface area (Å²) in [6, 6.07) is 19.3. The van der Waals surface area contributed by atoms with Crippen molar-refractivity contribution in [1.29, 1.82) is 0 Å². The Labute approximate surface area is 213 Å². The van der Waals surface area contributed by atoms with Gasteiger partial charge in [0.25, 0.3) is 5.91 Å². The van der Waals surface area contributed by atoms with Crippen LogP contribution in [0.25, 0.3) is 11.0 Å². The molecular weight excluding hydrogens is 478 g/mol. The molecule has 2 heterocycles. The van der Waals surface area contributed by atoms with E-state index in [1.165, 1.54) is 0 Å². The first kappa shape index (κ1) is 23.7. The van der Waals surface area contributed by atoms with Crippen molar-refractivity contribution in [3.8, 4) is 11.5 Å². The molecule has 0 saturated carbocycles. The zero-order valence-electron chi connectivity index (χ0n) is 19.7. The summed E-state index contributed by atoms with van der Waals surface area (Å²) in [5, 5.41) is 0.776. The van der Waals surface area contributed by atoms with Gasteiger partial charge in [-0.1, -0.05) is 48.5 Å². The van der Waals surface area contributed by atoms with Crippen LogP contribution in [0.5, 0.6) is 11.5 Å². The molecule has 1 aromatic heterocycles. The van der Waals surface area contributed by atoms with E-state index in [4.69, 9.17) is 25.5 Å². The van der Waals surface area contributed by atoms with Crippen molar-refractivity contribution in [1.82, 2.24) is 4.90 Å². The third-order valence-corrected chi connectivity index (χ3v) is 6.53. The van der Waals surface area contributed by atoms with E-state index in [0.29, 0.717) is 46.9 Å². The lowest BCUT2D eigenvalue weighted by Crippen LogP contribution is -2.31. The van der Waals surface area contributed by atoms with Gasteiger partial charge in [0.05, 0.1) is 24.1 Å². The van der Waals surface area contributed by atoms with Gasteiger partial charge in [-0.25, -0.2) is 0 Å². The number of rotatable bonds is 8. The van der Waals surface area contributed by atoms with Crippen molar-refractivity contribution < 1.29 is 18.7 Å². The van der Waals surface area contributed by atoms with Crippen LogP contribution in [-0.4, -0.2) is 31.1 Å². The molecule has 0 fully saturated rings. The normalized spacial score (nSPS) is 14.7. The zero-order valence-corrected chi connectivity index (χ0v) is 20.5. The molecule has 7 heteroatoms. The molecule has 4 aromatic rings. The van der Waals surface area contributed by atoms with Gasteiger partial charge in [-0.05, 0) is 60.0 Å². The van der Waals surface area contributed by atoms with Crippen molar-refractivity contribution in [2.45, 2.75) is 12.5 Å². The molecule has 0 aliphatic carbocycles. The zero-order chi connectivity index (χ0) is 25.2. The Kier molecular flexibility index (Phi) is 6.53. The minimum absolute atomic E-state index is 0.0709. The van der Waals surface area contributed by atoms with Gasteiger partial charge in [-0.3, -0.25) is 9.59 Å². The highest BCUT2D eigenvalue weighted by molar-refractivity contribution is 6.31. The van der Waals surface area contributed by atoms with Crippen LogP contribution >= 0.6 is 11.6 Å². The maximum absolute atomic E-state index is 13.7. The summed E-state index contributed by atoms with van der Waals surface area (Å²) in [4.78, 5) is 28.9. The molecule has 0 bridgehead atoms. The van der Waals surface area contributed by atoms with Gasteiger partial charge in [0.2, 0.25) is 5.76 Å². The Hall–Kier alpha value is -4.03. The first-order chi connectivity index (χ1) is 17.5. The molecule has 0 N–H and O–H groups in total. The number of hydrogen-bond donors (Lipinski definition) is 0. The number of carbonyl (C=O) groups is 1. The lowest BCUT2D eigenvalue weighted by molar-refractivity contribution is 0.0730. The van der Waals surface area contributed by atoms with Crippen LogP contribution < -0.4 is 14.9 Å². The van der Waals surface area contributed by atoms with Crippen molar-refractivity contribution in [3.63, 3.8) is 0 Å². The topological polar surface area (TPSA) is 69.0 Å². The number of carbonyl (C=O) groups excluding carboxylic acids is 1. The average molecular weight is 502 g/mol. The number of methoxy groups -OCH3 is 1. The summed E-state index contributed by atoms with van der Waals surface area (Å²) < 4.78 is 16.8. The highest BCUT2D eigenvalue weighted by Crippen LogP contribution is 2.39. The summed E-state index contributed by atoms with van der Waals surface area (Å²) in [5.41, 5.74) is 2.23. The quantitative estimate of drug-likeness (QED) is 0.285. The van der Waals surface area contributed by atoms with Gasteiger partial charge in [0.15, 0.2) is 5.43 Å². The molecule has 5 rings (SSSR count). The highest BCUT2D eigenvalue weighted by Gasteiger charge is 2.42. The Morgan fingerprint density at radius 1 is 1.03 bits per heavy atom. The van der Waals surface area contributed by atoms with Crippen LogP contribution in [0.1, 0.15) is 33.3 Å². The van der Waals surface area contributed by atoms with Gasteiger partial charge in [-0.2, -0.15) is 0 Å². The van der Waals surface area contributed by atoms with Crippen LogP contribution in [0.2, 0.25) is 5.02 Å². The van der Waals surface area contributed by atoms with E-state index in [-0.39, 0.29) is 17.1 Å². The van der Waals surface area contributed by atoms with E-state index in [2.05, 4.69) is 6.58 Å². The molecule has 36 heavy (non-hydrogen) atoms. The van der Waals surface area contributed by atoms with E-state index in [1.54, 1.807) is 36.3 Å². The second-order valence-electron chi connectivity index (χ2n) is 8.48. The number of amides is 1. The second kappa shape index (κ2) is 9.91. The predicted octanol–water partition coefficient (Wildman–Crippen LogP) is 5.81. The third-order valence-electron chi connectivity index (χ3n) is 6.29. The van der Waals surface area contributed by atoms with E-state index >= 15 is 0 Å². The molecule has 0 saturated heterocycles. The van der Waals surface area contributed by atoms with E-state index in [9.17, 15) is 9.59 Å². The molecular formula is C29H24ClNO5. The summed E-state index contributed by atoms with van der Waals surface area (Å²) in [7, 11) is 1.62. The number of benzene rings is 3. The van der Waals surface area contributed by atoms with Gasteiger partial charge < -0.3 is 18.8 Å². The second-order valence-corrected chi connectivity index (χ2v) is 8.92. The van der Waals surface area contributed by atoms with E-state index < -0.39 is 6.04 Å². The molecule has 0 spiro atoms. The molecule has 3 aromatic carbocycles. The maximum atomic E-state index is 13.7. The van der Waals surface area contributed by atoms with Gasteiger partial charge in [0, 0.05) is 11.6 Å². The smallest absolute Gasteiger partial charge is 0.290 e. The predicted molar refractivity (Wildman–Crippen MR) is 139 cm³/mol. The minimum atomic E-state index is -0.598. The van der Waals surface area contributed by atoms with E-state index in [0.717, 1.165) is 16.9 Å². The number of ether oxygens (including phenoxy) is 2. The molecule has 1 atom stereocenters. The van der Waals surface area contributed by atoms with Crippen molar-refractivity contribution in [3.05, 3.63) is 117 Å². The number of fused-ring (bicyclic) bond motifs is 2. The molecule has 182 valence electrons. The van der Waals surface area contributed by atoms with Crippen LogP contribution in [0.3, 0.4) is 0 Å². The Bertz CT molecular complexity index is 1490. The van der Waals surface area contributed by atoms with Crippen molar-refractivity contribution in [2.75, 3.05) is 20.3 Å². The molecule has 1 unspecified atom stereocenters. The number of halogens is 1. The van der Waals surface area contributed by atoms with Gasteiger partial charge in [0.1, 0.15) is 23.7 Å². The van der Waals surface area contributed by atoms with Gasteiger partial charge in [-0.15, -0.1) is 0 Å². The van der Waals surface area contributed by atoms with Crippen LogP contribution in [0.4, 0.5) is 0 Å². The summed E-state index contributed by atoms with van der Waals surface area (Å²) in [5.74, 6) is 1.19. The summed E-state index contributed by atoms with van der Waals surface area (Å²) >= 11 is 6.16. The lowest BCUT2D eigenvalue weighted by atomic mass is 9.98. The summed E-state index contributed by atoms with van der Waals surface area (Å²) in [6.07, 6.45) is 2.27. The van der Waals surface area contributed by atoms with Gasteiger partial charge >= 0.3 is 0 Å². The minimum Gasteiger partial charge on any atom is -0.497 e. The SMILES string of the molecule is C=CCOc1ccc(C2c3c(oc4ccc(Cl)cc4c3=O)C(=O)N2CCc2ccc(OC)cc2)cc1. The Morgan fingerprint density at radius 2 is 1.75 bits per heavy atom. The molecule has 1 amide bonds. The fraction of sp³-hybridized carbons (Fsp3) is 0.172. The van der Waals surface area contributed by atoms with Crippen LogP contribution in [0.15, 0.2) is 88.6 Å². The fourth-order valence-corrected chi connectivity index (χ4v) is 4.69. The third kappa shape index (κ3) is 4.36. The average Bonchev–Trinajstić information content (AvgIpc) is 3.18. The fourth-order valence-electron chi connectivity index (χ4n) is 4.51. The Balaban J connectivity index is 1.56. The van der Waals surface area contributed by atoms with Crippen molar-refractivity contribution >= 4 is 28.5 Å². The van der Waals surface area contributed by atoms with Crippen LogP contribution in [0, 0.1) is 0 Å². The number of nitrogens with zero attached hydrogens (tertiary/aromatic N) is 1. The summed E-state index contributed by atoms with van der Waals surface area (Å²) in [6.45, 7) is 4.44. The molecule has 6 nitrogen and oxygen atoms in total. The highest BCUT2D eigenvalue weighted by atomic mass is 35.5. The molecule has 0 radical (unpaired) electrons. The van der Waals surface area contributed by atoms with Crippen LogP contribution in [-0.2, 0) is 6.42 Å². The standard InChI is InChI=1S/C29H24ClNO5/c1-3-16-35-22-11-6-19(7-12-22)26-25-27(32)23-17-20(30)8-13-24(23)36-28(25)29(33)31(26)15-14-18-4-9-21(34-2)10-5-18/h3-13,17,26H,1,14-16H2,2H3. The Morgan fingerprint density at radius 3 is 2.44 bits per heavy atom. The number of hydrogen-bond acceptors (Lipinski definition) is 5. The maximum Gasteiger partial charge on any atom is 0.290 e.